The van der Waals surface area contributed by atoms with Gasteiger partial charge in [0.25, 0.3) is 0 Å². The van der Waals surface area contributed by atoms with Gasteiger partial charge in [-0.2, -0.15) is 0 Å². The lowest BCUT2D eigenvalue weighted by molar-refractivity contribution is -0.143. The van der Waals surface area contributed by atoms with Crippen molar-refractivity contribution in [1.29, 1.82) is 0 Å². The number of likely N-dealkylation sites (N-methyl/N-ethyl adjacent to an activating group) is 1. The first-order chi connectivity index (χ1) is 11.7. The quantitative estimate of drug-likeness (QED) is 0.618. The third kappa shape index (κ3) is 9.31. The fourth-order valence-electron chi connectivity index (χ4n) is 2.39. The van der Waals surface area contributed by atoms with Gasteiger partial charge in [-0.15, -0.1) is 0 Å². The Kier molecular flexibility index (Phi) is 10.9. The second-order valence-electron chi connectivity index (χ2n) is 6.41. The van der Waals surface area contributed by atoms with Gasteiger partial charge in [-0.3, -0.25) is 4.79 Å². The van der Waals surface area contributed by atoms with Gasteiger partial charge in [-0.05, 0) is 34.1 Å². The lowest BCUT2D eigenvalue weighted by Gasteiger charge is -1.99. The Balaban J connectivity index is 0.000000330. The van der Waals surface area contributed by atoms with Gasteiger partial charge in [0.15, 0.2) is 0 Å². The first-order valence-electron chi connectivity index (χ1n) is 9.00. The molecular formula is C18H34N2O5. The van der Waals surface area contributed by atoms with E-state index in [9.17, 15) is 9.59 Å². The van der Waals surface area contributed by atoms with E-state index in [1.54, 1.807) is 11.9 Å². The first-order valence-corrected chi connectivity index (χ1v) is 9.00. The minimum Gasteiger partial charge on any atom is -0.462 e. The molecule has 3 heterocycles. The van der Waals surface area contributed by atoms with Crippen LogP contribution in [0, 0.1) is 5.92 Å². The lowest BCUT2D eigenvalue weighted by Crippen LogP contribution is -2.18. The topological polar surface area (TPSA) is 77.4 Å². The second-order valence-corrected chi connectivity index (χ2v) is 6.41. The minimum absolute atomic E-state index is 0.0440. The van der Waals surface area contributed by atoms with Gasteiger partial charge in [0, 0.05) is 13.5 Å². The van der Waals surface area contributed by atoms with Gasteiger partial charge in [0.1, 0.15) is 12.2 Å². The molecule has 0 aromatic rings. The summed E-state index contributed by atoms with van der Waals surface area (Å²) in [5.41, 5.74) is 1.10. The number of ether oxygens (including phenoxy) is 2. The van der Waals surface area contributed by atoms with Crippen LogP contribution in [0.15, 0.2) is 5.16 Å². The number of nitrogens with zero attached hydrogens (tertiary/aromatic N) is 2. The van der Waals surface area contributed by atoms with Gasteiger partial charge in [-0.1, -0.05) is 25.9 Å². The van der Waals surface area contributed by atoms with Gasteiger partial charge in [-0.25, -0.2) is 4.79 Å². The monoisotopic (exact) mass is 358 g/mol. The van der Waals surface area contributed by atoms with Gasteiger partial charge >= 0.3 is 12.1 Å². The molecule has 7 heteroatoms. The highest BCUT2D eigenvalue weighted by Crippen LogP contribution is 2.18. The van der Waals surface area contributed by atoms with Crippen molar-refractivity contribution < 1.29 is 23.9 Å². The van der Waals surface area contributed by atoms with E-state index in [4.69, 9.17) is 14.3 Å². The summed E-state index contributed by atoms with van der Waals surface area (Å²) in [5.74, 6) is 0.0856. The van der Waals surface area contributed by atoms with Crippen LogP contribution in [0.3, 0.4) is 0 Å². The fraction of sp³-hybridized carbons (Fsp3) is 0.833. The zero-order chi connectivity index (χ0) is 19.6. The molecule has 1 amide bonds. The Morgan fingerprint density at radius 3 is 1.72 bits per heavy atom. The summed E-state index contributed by atoms with van der Waals surface area (Å²) in [4.78, 5) is 27.5. The number of carbonyl (C=O) groups is 2. The van der Waals surface area contributed by atoms with Crippen LogP contribution >= 0.6 is 0 Å². The minimum atomic E-state index is -0.211. The van der Waals surface area contributed by atoms with E-state index in [1.807, 2.05) is 48.5 Å². The summed E-state index contributed by atoms with van der Waals surface area (Å²) in [5, 5.41) is 3.73. The number of esters is 1. The Bertz CT molecular complexity index is 425. The number of carbonyl (C=O) groups excluding carboxylic acids is 2. The van der Waals surface area contributed by atoms with Crippen molar-refractivity contribution in [1.82, 2.24) is 4.90 Å². The highest BCUT2D eigenvalue weighted by molar-refractivity contribution is 5.82. The molecule has 0 N–H and O–H groups in total. The maximum atomic E-state index is 10.6. The molecule has 0 aromatic carbocycles. The largest absolute Gasteiger partial charge is 0.462 e. The maximum Gasteiger partial charge on any atom is 0.409 e. The van der Waals surface area contributed by atoms with Gasteiger partial charge < -0.3 is 19.2 Å². The van der Waals surface area contributed by atoms with Crippen LogP contribution in [-0.2, 0) is 19.1 Å². The number of amides is 1. The predicted molar refractivity (Wildman–Crippen MR) is 97.5 cm³/mol. The summed E-state index contributed by atoms with van der Waals surface area (Å²) >= 11 is 0. The molecule has 0 bridgehead atoms. The van der Waals surface area contributed by atoms with E-state index >= 15 is 0 Å². The van der Waals surface area contributed by atoms with Crippen LogP contribution in [-0.4, -0.2) is 54.6 Å². The molecule has 4 unspecified atom stereocenters. The van der Waals surface area contributed by atoms with Crippen LogP contribution in [0.25, 0.3) is 0 Å². The molecule has 25 heavy (non-hydrogen) atoms. The van der Waals surface area contributed by atoms with Crippen LogP contribution in [0.5, 0.6) is 0 Å². The van der Waals surface area contributed by atoms with E-state index in [-0.39, 0.29) is 30.2 Å². The van der Waals surface area contributed by atoms with E-state index in [1.165, 1.54) is 0 Å². The van der Waals surface area contributed by atoms with Crippen molar-refractivity contribution in [2.24, 2.45) is 11.1 Å². The Hall–Kier alpha value is -1.79. The van der Waals surface area contributed by atoms with Gasteiger partial charge in [0.2, 0.25) is 0 Å². The number of hydrogen-bond acceptors (Lipinski definition) is 6. The van der Waals surface area contributed by atoms with Crippen LogP contribution in [0.2, 0.25) is 0 Å². The molecule has 2 fully saturated rings. The summed E-state index contributed by atoms with van der Waals surface area (Å²) in [6.07, 6.45) is 2.22. The van der Waals surface area contributed by atoms with Crippen molar-refractivity contribution in [3.63, 3.8) is 0 Å². The molecule has 4 atom stereocenters. The Morgan fingerprint density at radius 2 is 1.60 bits per heavy atom. The number of hydrogen-bond donors (Lipinski definition) is 0. The smallest absolute Gasteiger partial charge is 0.409 e. The third-order valence-corrected chi connectivity index (χ3v) is 3.52. The standard InChI is InChI=1S/C6H10O2.C5H9NO2.C5H9NO.C2H6/c1-4-3-5(2)8-6(4)7;1-4-3-6(2)5(7)8-4;1-4-3-5(2)7-6-4;1-2/h4-5H,3H2,1-2H3;4H,3H2,1-2H3;5H,3H2,1-2H3;1-2H3. The van der Waals surface area contributed by atoms with E-state index in [0.717, 1.165) is 25.1 Å². The average molecular weight is 358 g/mol. The number of oxime groups is 1. The van der Waals surface area contributed by atoms with E-state index in [2.05, 4.69) is 5.16 Å². The third-order valence-electron chi connectivity index (χ3n) is 3.52. The molecule has 7 nitrogen and oxygen atoms in total. The highest BCUT2D eigenvalue weighted by atomic mass is 16.6. The first kappa shape index (κ1) is 23.2. The Labute approximate surface area is 151 Å². The van der Waals surface area contributed by atoms with Crippen LogP contribution in [0.4, 0.5) is 4.79 Å². The average Bonchev–Trinajstić information content (AvgIpc) is 3.15. The van der Waals surface area contributed by atoms with E-state index < -0.39 is 0 Å². The molecule has 0 spiro atoms. The summed E-state index contributed by atoms with van der Waals surface area (Å²) in [6.45, 7) is 14.4. The summed E-state index contributed by atoms with van der Waals surface area (Å²) < 4.78 is 9.59. The van der Waals surface area contributed by atoms with Crippen molar-refractivity contribution in [3.8, 4) is 0 Å². The zero-order valence-corrected chi connectivity index (χ0v) is 16.9. The van der Waals surface area contributed by atoms with Crippen molar-refractivity contribution >= 4 is 17.8 Å². The van der Waals surface area contributed by atoms with Crippen LogP contribution < -0.4 is 0 Å². The number of rotatable bonds is 0. The molecule has 146 valence electrons. The van der Waals surface area contributed by atoms with Crippen molar-refractivity contribution in [2.75, 3.05) is 13.6 Å². The Morgan fingerprint density at radius 1 is 1.00 bits per heavy atom. The van der Waals surface area contributed by atoms with Gasteiger partial charge in [0.05, 0.1) is 24.3 Å². The second kappa shape index (κ2) is 11.7. The molecular weight excluding hydrogens is 324 g/mol. The SMILES string of the molecule is CC.CC1=NOC(C)C1.CC1CC(C)C(=O)O1.CC1CN(C)C(=O)O1. The molecule has 0 aliphatic carbocycles. The fourth-order valence-corrected chi connectivity index (χ4v) is 2.39. The molecule has 2 saturated heterocycles. The normalized spacial score (nSPS) is 29.6. The lowest BCUT2D eigenvalue weighted by atomic mass is 10.1. The van der Waals surface area contributed by atoms with E-state index in [0.29, 0.717) is 6.10 Å². The molecule has 3 rings (SSSR count). The van der Waals surface area contributed by atoms with Crippen molar-refractivity contribution in [2.45, 2.75) is 79.6 Å². The maximum absolute atomic E-state index is 10.6. The summed E-state index contributed by atoms with van der Waals surface area (Å²) in [6, 6.07) is 0. The predicted octanol–water partition coefficient (Wildman–Crippen LogP) is 3.61. The molecule has 0 radical (unpaired) electrons. The zero-order valence-electron chi connectivity index (χ0n) is 16.9. The summed E-state index contributed by atoms with van der Waals surface area (Å²) in [7, 11) is 1.73. The number of cyclic esters (lactones) is 2. The van der Waals surface area contributed by atoms with Crippen molar-refractivity contribution in [3.05, 3.63) is 0 Å². The molecule has 3 aliphatic heterocycles. The van der Waals surface area contributed by atoms with Crippen LogP contribution in [0.1, 0.15) is 61.3 Å². The molecule has 3 aliphatic rings. The molecule has 0 aromatic heterocycles. The molecule has 0 saturated carbocycles. The highest BCUT2D eigenvalue weighted by Gasteiger charge is 2.27.